The van der Waals surface area contributed by atoms with Gasteiger partial charge in [0, 0.05) is 11.5 Å². The second kappa shape index (κ2) is 4.19. The molecule has 2 heteroatoms. The molecule has 0 radical (unpaired) electrons. The molecule has 1 spiro atoms. The van der Waals surface area contributed by atoms with Crippen molar-refractivity contribution in [3.05, 3.63) is 0 Å². The normalized spacial score (nSPS) is 39.4. The predicted molar refractivity (Wildman–Crippen MR) is 58.4 cm³/mol. The van der Waals surface area contributed by atoms with Crippen molar-refractivity contribution in [2.75, 3.05) is 26.3 Å². The number of likely N-dealkylation sites (N-methyl/N-ethyl adjacent to an activating group) is 1. The van der Waals surface area contributed by atoms with Crippen LogP contribution in [-0.4, -0.2) is 36.7 Å². The number of hydrogen-bond acceptors (Lipinski definition) is 2. The van der Waals surface area contributed by atoms with Gasteiger partial charge in [-0.1, -0.05) is 20.3 Å². The van der Waals surface area contributed by atoms with Crippen molar-refractivity contribution in [2.45, 2.75) is 45.1 Å². The molecule has 0 saturated carbocycles. The largest absolute Gasteiger partial charge is 0.379 e. The molecule has 0 N–H and O–H groups in total. The van der Waals surface area contributed by atoms with E-state index in [1.54, 1.807) is 0 Å². The number of piperidine rings is 1. The number of rotatable bonds is 2. The van der Waals surface area contributed by atoms with Gasteiger partial charge in [-0.2, -0.15) is 0 Å². The highest BCUT2D eigenvalue weighted by Gasteiger charge is 2.47. The summed E-state index contributed by atoms with van der Waals surface area (Å²) in [7, 11) is 0. The van der Waals surface area contributed by atoms with Crippen molar-refractivity contribution in [3.8, 4) is 0 Å². The second-order valence-corrected chi connectivity index (χ2v) is 4.76. The minimum atomic E-state index is 0.418. The molecule has 2 unspecified atom stereocenters. The maximum absolute atomic E-state index is 5.73. The van der Waals surface area contributed by atoms with Crippen LogP contribution in [0.4, 0.5) is 0 Å². The first-order chi connectivity index (χ1) is 6.83. The van der Waals surface area contributed by atoms with E-state index in [-0.39, 0.29) is 0 Å². The monoisotopic (exact) mass is 197 g/mol. The average molecular weight is 197 g/mol. The van der Waals surface area contributed by atoms with Crippen LogP contribution < -0.4 is 0 Å². The first-order valence-electron chi connectivity index (χ1n) is 6.16. The molecular weight excluding hydrogens is 174 g/mol. The molecule has 0 bridgehead atoms. The summed E-state index contributed by atoms with van der Waals surface area (Å²) in [4.78, 5) is 2.68. The fraction of sp³-hybridized carbons (Fsp3) is 1.00. The zero-order valence-electron chi connectivity index (χ0n) is 9.59. The number of likely N-dealkylation sites (tertiary alicyclic amines) is 1. The van der Waals surface area contributed by atoms with E-state index in [1.807, 2.05) is 0 Å². The van der Waals surface area contributed by atoms with Gasteiger partial charge in [0.1, 0.15) is 0 Å². The molecule has 0 aromatic carbocycles. The number of hydrogen-bond donors (Lipinski definition) is 0. The van der Waals surface area contributed by atoms with Crippen LogP contribution in [0.1, 0.15) is 39.5 Å². The van der Waals surface area contributed by atoms with Crippen molar-refractivity contribution >= 4 is 0 Å². The Bertz CT molecular complexity index is 195. The van der Waals surface area contributed by atoms with Crippen LogP contribution in [0.3, 0.4) is 0 Å². The van der Waals surface area contributed by atoms with Crippen LogP contribution in [0.5, 0.6) is 0 Å². The van der Waals surface area contributed by atoms with E-state index in [4.69, 9.17) is 4.74 Å². The van der Waals surface area contributed by atoms with Gasteiger partial charge in [-0.3, -0.25) is 4.90 Å². The lowest BCUT2D eigenvalue weighted by molar-refractivity contribution is 0.0159. The Morgan fingerprint density at radius 3 is 2.93 bits per heavy atom. The third-order valence-electron chi connectivity index (χ3n) is 4.22. The predicted octanol–water partition coefficient (Wildman–Crippen LogP) is 2.29. The molecule has 2 saturated heterocycles. The molecular formula is C12H23NO. The molecule has 0 aromatic heterocycles. The van der Waals surface area contributed by atoms with Gasteiger partial charge in [0.15, 0.2) is 0 Å². The summed E-state index contributed by atoms with van der Waals surface area (Å²) < 4.78 is 5.73. The number of nitrogens with zero attached hydrogens (tertiary/aromatic N) is 1. The van der Waals surface area contributed by atoms with Crippen molar-refractivity contribution in [1.29, 1.82) is 0 Å². The van der Waals surface area contributed by atoms with Crippen LogP contribution in [0.15, 0.2) is 0 Å². The molecule has 2 heterocycles. The fourth-order valence-corrected chi connectivity index (χ4v) is 3.36. The van der Waals surface area contributed by atoms with E-state index in [0.717, 1.165) is 19.1 Å². The maximum Gasteiger partial charge on any atom is 0.0654 e. The summed E-state index contributed by atoms with van der Waals surface area (Å²) in [5, 5.41) is 0. The van der Waals surface area contributed by atoms with Gasteiger partial charge in [-0.05, 0) is 32.4 Å². The Morgan fingerprint density at radius 1 is 1.36 bits per heavy atom. The lowest BCUT2D eigenvalue weighted by Crippen LogP contribution is -2.56. The van der Waals surface area contributed by atoms with Crippen molar-refractivity contribution < 1.29 is 4.74 Å². The zero-order chi connectivity index (χ0) is 10.0. The summed E-state index contributed by atoms with van der Waals surface area (Å²) in [6, 6.07) is 0. The van der Waals surface area contributed by atoms with Crippen molar-refractivity contribution in [2.24, 2.45) is 5.92 Å². The lowest BCUT2D eigenvalue weighted by atomic mass is 9.77. The molecule has 82 valence electrons. The van der Waals surface area contributed by atoms with Crippen molar-refractivity contribution in [1.82, 2.24) is 4.90 Å². The van der Waals surface area contributed by atoms with Gasteiger partial charge in [0.05, 0.1) is 13.2 Å². The molecule has 14 heavy (non-hydrogen) atoms. The minimum absolute atomic E-state index is 0.418. The SMILES string of the molecule is CCC1COCC12CCCCN2CC. The maximum atomic E-state index is 5.73. The Hall–Kier alpha value is -0.0800. The van der Waals surface area contributed by atoms with Gasteiger partial charge in [-0.15, -0.1) is 0 Å². The Labute approximate surface area is 87.6 Å². The van der Waals surface area contributed by atoms with Crippen molar-refractivity contribution in [3.63, 3.8) is 0 Å². The van der Waals surface area contributed by atoms with Crippen LogP contribution >= 0.6 is 0 Å². The van der Waals surface area contributed by atoms with E-state index in [1.165, 1.54) is 38.8 Å². The van der Waals surface area contributed by atoms with Crippen LogP contribution in [0.25, 0.3) is 0 Å². The molecule has 2 aliphatic rings. The smallest absolute Gasteiger partial charge is 0.0654 e. The summed E-state index contributed by atoms with van der Waals surface area (Å²) in [5.41, 5.74) is 0.418. The van der Waals surface area contributed by atoms with Crippen LogP contribution in [0, 0.1) is 5.92 Å². The summed E-state index contributed by atoms with van der Waals surface area (Å²) >= 11 is 0. The van der Waals surface area contributed by atoms with E-state index < -0.39 is 0 Å². The Balaban J connectivity index is 2.16. The summed E-state index contributed by atoms with van der Waals surface area (Å²) in [6.45, 7) is 9.06. The first kappa shape index (κ1) is 10.4. The Morgan fingerprint density at radius 2 is 2.21 bits per heavy atom. The minimum Gasteiger partial charge on any atom is -0.379 e. The van der Waals surface area contributed by atoms with E-state index >= 15 is 0 Å². The molecule has 0 aromatic rings. The second-order valence-electron chi connectivity index (χ2n) is 4.76. The highest BCUT2D eigenvalue weighted by molar-refractivity contribution is 5.01. The van der Waals surface area contributed by atoms with Gasteiger partial charge in [0.2, 0.25) is 0 Å². The van der Waals surface area contributed by atoms with Gasteiger partial charge < -0.3 is 4.74 Å². The van der Waals surface area contributed by atoms with Crippen LogP contribution in [-0.2, 0) is 4.74 Å². The third kappa shape index (κ3) is 1.49. The third-order valence-corrected chi connectivity index (χ3v) is 4.22. The zero-order valence-corrected chi connectivity index (χ0v) is 9.59. The highest BCUT2D eigenvalue weighted by Crippen LogP contribution is 2.40. The first-order valence-corrected chi connectivity index (χ1v) is 6.16. The standard InChI is InChI=1S/C12H23NO/c1-3-11-9-14-10-12(11)7-5-6-8-13(12)4-2/h11H,3-10H2,1-2H3. The quantitative estimate of drug-likeness (QED) is 0.673. The molecule has 0 aliphatic carbocycles. The van der Waals surface area contributed by atoms with Gasteiger partial charge in [-0.25, -0.2) is 0 Å². The van der Waals surface area contributed by atoms with E-state index in [9.17, 15) is 0 Å². The van der Waals surface area contributed by atoms with E-state index in [0.29, 0.717) is 5.54 Å². The van der Waals surface area contributed by atoms with Gasteiger partial charge in [0.25, 0.3) is 0 Å². The Kier molecular flexibility index (Phi) is 3.13. The summed E-state index contributed by atoms with van der Waals surface area (Å²) in [5.74, 6) is 0.780. The van der Waals surface area contributed by atoms with Crippen LogP contribution in [0.2, 0.25) is 0 Å². The fourth-order valence-electron chi connectivity index (χ4n) is 3.36. The lowest BCUT2D eigenvalue weighted by Gasteiger charge is -2.47. The topological polar surface area (TPSA) is 12.5 Å². The average Bonchev–Trinajstić information content (AvgIpc) is 2.62. The molecule has 2 rings (SSSR count). The highest BCUT2D eigenvalue weighted by atomic mass is 16.5. The molecule has 2 aliphatic heterocycles. The molecule has 2 atom stereocenters. The van der Waals surface area contributed by atoms with E-state index in [2.05, 4.69) is 18.7 Å². The molecule has 0 amide bonds. The number of ether oxygens (including phenoxy) is 1. The molecule has 2 fully saturated rings. The van der Waals surface area contributed by atoms with Gasteiger partial charge >= 0.3 is 0 Å². The summed E-state index contributed by atoms with van der Waals surface area (Å²) in [6.07, 6.45) is 5.41. The molecule has 2 nitrogen and oxygen atoms in total.